The summed E-state index contributed by atoms with van der Waals surface area (Å²) in [4.78, 5) is 0. The van der Waals surface area contributed by atoms with E-state index in [0.717, 1.165) is 17.9 Å². The molecule has 1 nitrogen and oxygen atoms in total. The van der Waals surface area contributed by atoms with Crippen LogP contribution in [0.4, 0.5) is 14.5 Å². The molecule has 0 aromatic heterocycles. The third-order valence-corrected chi connectivity index (χ3v) is 6.17. The highest BCUT2D eigenvalue weighted by Gasteiger charge is 2.48. The van der Waals surface area contributed by atoms with Crippen LogP contribution >= 0.6 is 15.9 Å². The van der Waals surface area contributed by atoms with Crippen molar-refractivity contribution >= 4 is 21.6 Å². The van der Waals surface area contributed by atoms with Gasteiger partial charge in [-0.05, 0) is 77.8 Å². The molecule has 1 aromatic rings. The molecule has 4 aliphatic carbocycles. The van der Waals surface area contributed by atoms with Crippen LogP contribution < -0.4 is 5.32 Å². The molecule has 5 rings (SSSR count). The normalized spacial score (nSPS) is 38.2. The molecule has 0 atom stereocenters. The summed E-state index contributed by atoms with van der Waals surface area (Å²) in [5.74, 6) is 2.11. The SMILES string of the molecule is Fc1cc(F)c(NC2C3CC4CC(C3)CC2C4)c(Br)c1. The number of nitrogens with one attached hydrogen (secondary N) is 1. The smallest absolute Gasteiger partial charge is 0.150 e. The van der Waals surface area contributed by atoms with Crippen LogP contribution in [-0.2, 0) is 0 Å². The average Bonchev–Trinajstić information content (AvgIpc) is 2.35. The van der Waals surface area contributed by atoms with E-state index in [1.807, 2.05) is 0 Å². The zero-order chi connectivity index (χ0) is 13.9. The van der Waals surface area contributed by atoms with Gasteiger partial charge in [0.05, 0.1) is 5.69 Å². The third-order valence-electron chi connectivity index (χ3n) is 5.54. The van der Waals surface area contributed by atoms with Crippen molar-refractivity contribution in [3.05, 3.63) is 28.2 Å². The maximum Gasteiger partial charge on any atom is 0.150 e. The number of hydrogen-bond acceptors (Lipinski definition) is 1. The molecule has 4 bridgehead atoms. The highest BCUT2D eigenvalue weighted by Crippen LogP contribution is 2.54. The number of benzene rings is 1. The standard InChI is InChI=1S/C16H18BrF2N/c17-13-6-12(18)7-14(19)16(13)20-15-10-2-8-1-9(4-10)5-11(15)3-8/h6-11,15,20H,1-5H2. The Morgan fingerprint density at radius 1 is 0.950 bits per heavy atom. The first-order valence-corrected chi connectivity index (χ1v) is 8.30. The molecule has 0 spiro atoms. The van der Waals surface area contributed by atoms with Gasteiger partial charge in [-0.1, -0.05) is 0 Å². The lowest BCUT2D eigenvalue weighted by atomic mass is 9.54. The predicted molar refractivity (Wildman–Crippen MR) is 78.5 cm³/mol. The fourth-order valence-electron chi connectivity index (χ4n) is 5.01. The second kappa shape index (κ2) is 4.69. The zero-order valence-corrected chi connectivity index (χ0v) is 12.8. The molecule has 108 valence electrons. The summed E-state index contributed by atoms with van der Waals surface area (Å²) in [6.07, 6.45) is 6.54. The summed E-state index contributed by atoms with van der Waals surface area (Å²) in [7, 11) is 0. The van der Waals surface area contributed by atoms with Crippen molar-refractivity contribution in [1.29, 1.82) is 0 Å². The summed E-state index contributed by atoms with van der Waals surface area (Å²) in [6.45, 7) is 0. The Morgan fingerprint density at radius 2 is 1.55 bits per heavy atom. The number of anilines is 1. The molecule has 0 aliphatic heterocycles. The molecule has 0 unspecified atom stereocenters. The van der Waals surface area contributed by atoms with E-state index >= 15 is 0 Å². The molecule has 0 saturated heterocycles. The first-order chi connectivity index (χ1) is 9.60. The van der Waals surface area contributed by atoms with E-state index < -0.39 is 11.6 Å². The minimum absolute atomic E-state index is 0.360. The molecule has 4 heteroatoms. The minimum Gasteiger partial charge on any atom is -0.378 e. The van der Waals surface area contributed by atoms with Crippen LogP contribution in [-0.4, -0.2) is 6.04 Å². The second-order valence-electron chi connectivity index (χ2n) is 6.85. The van der Waals surface area contributed by atoms with Crippen molar-refractivity contribution in [2.75, 3.05) is 5.32 Å². The van der Waals surface area contributed by atoms with Crippen LogP contribution in [0.15, 0.2) is 16.6 Å². The quantitative estimate of drug-likeness (QED) is 0.801. The van der Waals surface area contributed by atoms with Crippen LogP contribution in [0.5, 0.6) is 0 Å². The van der Waals surface area contributed by atoms with Gasteiger partial charge in [-0.15, -0.1) is 0 Å². The Morgan fingerprint density at radius 3 is 2.10 bits per heavy atom. The van der Waals surface area contributed by atoms with Gasteiger partial charge >= 0.3 is 0 Å². The van der Waals surface area contributed by atoms with Crippen molar-refractivity contribution < 1.29 is 8.78 Å². The Bertz CT molecular complexity index is 494. The largest absolute Gasteiger partial charge is 0.378 e. The Balaban J connectivity index is 1.61. The highest BCUT2D eigenvalue weighted by molar-refractivity contribution is 9.10. The molecule has 0 radical (unpaired) electrons. The number of hydrogen-bond donors (Lipinski definition) is 1. The van der Waals surface area contributed by atoms with Crippen LogP contribution in [0.3, 0.4) is 0 Å². The van der Waals surface area contributed by atoms with Gasteiger partial charge in [0.1, 0.15) is 11.6 Å². The monoisotopic (exact) mass is 341 g/mol. The van der Waals surface area contributed by atoms with Crippen LogP contribution in [0.2, 0.25) is 0 Å². The average molecular weight is 342 g/mol. The van der Waals surface area contributed by atoms with E-state index in [-0.39, 0.29) is 0 Å². The van der Waals surface area contributed by atoms with Gasteiger partial charge in [0.2, 0.25) is 0 Å². The van der Waals surface area contributed by atoms with Gasteiger partial charge < -0.3 is 5.32 Å². The van der Waals surface area contributed by atoms with E-state index in [0.29, 0.717) is 28.0 Å². The summed E-state index contributed by atoms with van der Waals surface area (Å²) in [5.41, 5.74) is 0.434. The van der Waals surface area contributed by atoms with Crippen molar-refractivity contribution in [3.63, 3.8) is 0 Å². The summed E-state index contributed by atoms with van der Waals surface area (Å²) < 4.78 is 27.7. The molecule has 20 heavy (non-hydrogen) atoms. The molecule has 4 fully saturated rings. The zero-order valence-electron chi connectivity index (χ0n) is 11.2. The van der Waals surface area contributed by atoms with E-state index in [2.05, 4.69) is 21.2 Å². The number of rotatable bonds is 2. The second-order valence-corrected chi connectivity index (χ2v) is 7.70. The van der Waals surface area contributed by atoms with Gasteiger partial charge in [-0.3, -0.25) is 0 Å². The maximum absolute atomic E-state index is 14.0. The first-order valence-electron chi connectivity index (χ1n) is 7.51. The van der Waals surface area contributed by atoms with E-state index in [9.17, 15) is 8.78 Å². The van der Waals surface area contributed by atoms with Crippen molar-refractivity contribution in [1.82, 2.24) is 0 Å². The summed E-state index contributed by atoms with van der Waals surface area (Å²) in [5, 5.41) is 3.40. The lowest BCUT2D eigenvalue weighted by Gasteiger charge is -2.54. The van der Waals surface area contributed by atoms with Gasteiger partial charge in [0.25, 0.3) is 0 Å². The maximum atomic E-state index is 14.0. The topological polar surface area (TPSA) is 12.0 Å². The van der Waals surface area contributed by atoms with Crippen molar-refractivity contribution in [2.24, 2.45) is 23.7 Å². The number of halogens is 3. The van der Waals surface area contributed by atoms with Gasteiger partial charge in [0.15, 0.2) is 0 Å². The lowest BCUT2D eigenvalue weighted by molar-refractivity contribution is 0.00742. The van der Waals surface area contributed by atoms with E-state index in [4.69, 9.17) is 0 Å². The van der Waals surface area contributed by atoms with E-state index in [1.54, 1.807) is 0 Å². The van der Waals surface area contributed by atoms with Crippen molar-refractivity contribution in [3.8, 4) is 0 Å². The Labute approximate surface area is 126 Å². The minimum atomic E-state index is -0.537. The first kappa shape index (κ1) is 13.1. The molecule has 1 aromatic carbocycles. The molecule has 4 saturated carbocycles. The molecule has 0 heterocycles. The summed E-state index contributed by atoms with van der Waals surface area (Å²) >= 11 is 3.28. The molecule has 1 N–H and O–H groups in total. The Hall–Kier alpha value is -0.640. The third kappa shape index (κ3) is 2.07. The van der Waals surface area contributed by atoms with Gasteiger partial charge in [0, 0.05) is 16.6 Å². The van der Waals surface area contributed by atoms with Crippen LogP contribution in [0, 0.1) is 35.3 Å². The van der Waals surface area contributed by atoms with Gasteiger partial charge in [-0.2, -0.15) is 0 Å². The molecular formula is C16H18BrF2N. The van der Waals surface area contributed by atoms with Crippen LogP contribution in [0.1, 0.15) is 32.1 Å². The fraction of sp³-hybridized carbons (Fsp3) is 0.625. The summed E-state index contributed by atoms with van der Waals surface area (Å²) in [6, 6.07) is 2.66. The van der Waals surface area contributed by atoms with Crippen LogP contribution in [0.25, 0.3) is 0 Å². The van der Waals surface area contributed by atoms with Crippen molar-refractivity contribution in [2.45, 2.75) is 38.1 Å². The lowest BCUT2D eigenvalue weighted by Crippen LogP contribution is -2.51. The Kier molecular flexibility index (Phi) is 3.06. The van der Waals surface area contributed by atoms with E-state index in [1.165, 1.54) is 38.2 Å². The molecular weight excluding hydrogens is 324 g/mol. The molecule has 0 amide bonds. The fourth-order valence-corrected chi connectivity index (χ4v) is 5.53. The highest BCUT2D eigenvalue weighted by atomic mass is 79.9. The molecule has 4 aliphatic rings. The predicted octanol–water partition coefficient (Wildman–Crippen LogP) is 4.96. The van der Waals surface area contributed by atoms with Gasteiger partial charge in [-0.25, -0.2) is 8.78 Å².